The lowest BCUT2D eigenvalue weighted by molar-refractivity contribution is -0.144. The lowest BCUT2D eigenvalue weighted by Gasteiger charge is -2.38. The van der Waals surface area contributed by atoms with Crippen LogP contribution in [0.4, 0.5) is 0 Å². The van der Waals surface area contributed by atoms with Crippen LogP contribution in [-0.4, -0.2) is 45.9 Å². The summed E-state index contributed by atoms with van der Waals surface area (Å²) >= 11 is 1.43. The lowest BCUT2D eigenvalue weighted by Crippen LogP contribution is -2.44. The molecule has 0 bridgehead atoms. The molecule has 0 saturated heterocycles. The van der Waals surface area contributed by atoms with E-state index in [-0.39, 0.29) is 23.5 Å². The number of rotatable bonds is 17. The fourth-order valence-electron chi connectivity index (χ4n) is 2.83. The number of unbranched alkanes of at least 4 members (excludes halogenated alkanes) is 4. The van der Waals surface area contributed by atoms with E-state index in [0.717, 1.165) is 31.1 Å². The smallest absolute Gasteiger partial charge is 0.308 e. The topological polar surface area (TPSA) is 52.6 Å². The molecule has 33 heavy (non-hydrogen) atoms. The summed E-state index contributed by atoms with van der Waals surface area (Å²) in [5, 5.41) is 0.361. The molecule has 1 atom stereocenters. The van der Waals surface area contributed by atoms with Crippen molar-refractivity contribution in [3.05, 3.63) is 12.2 Å². The maximum atomic E-state index is 12.5. The normalized spacial score (nSPS) is 14.0. The molecule has 0 aliphatic carbocycles. The average Bonchev–Trinajstić information content (AvgIpc) is 2.65. The fraction of sp³-hybridized carbons (Fsp3) is 0.846. The molecule has 194 valence electrons. The van der Waals surface area contributed by atoms with Crippen molar-refractivity contribution >= 4 is 39.2 Å². The Balaban J connectivity index is 4.65. The third-order valence-corrected chi connectivity index (χ3v) is 13.3. The zero-order valence-electron chi connectivity index (χ0n) is 23.1. The van der Waals surface area contributed by atoms with E-state index in [4.69, 9.17) is 9.16 Å². The van der Waals surface area contributed by atoms with Crippen LogP contribution in [0.1, 0.15) is 79.1 Å². The highest BCUT2D eigenvalue weighted by Gasteiger charge is 2.39. The summed E-state index contributed by atoms with van der Waals surface area (Å²) in [6.45, 7) is 20.6. The maximum absolute atomic E-state index is 12.5. The third-order valence-electron chi connectivity index (χ3n) is 6.12. The van der Waals surface area contributed by atoms with Crippen molar-refractivity contribution in [2.24, 2.45) is 0 Å². The van der Waals surface area contributed by atoms with Crippen LogP contribution in [0, 0.1) is 0 Å². The average molecular weight is 517 g/mol. The summed E-state index contributed by atoms with van der Waals surface area (Å²) in [5.74, 6) is 0.590. The van der Waals surface area contributed by atoms with Crippen molar-refractivity contribution in [3.63, 3.8) is 0 Å². The fourth-order valence-corrected chi connectivity index (χ4v) is 5.59. The first-order chi connectivity index (χ1) is 15.2. The van der Waals surface area contributed by atoms with E-state index in [2.05, 4.69) is 66.5 Å². The van der Waals surface area contributed by atoms with E-state index >= 15 is 0 Å². The van der Waals surface area contributed by atoms with Crippen molar-refractivity contribution < 1.29 is 18.8 Å². The largest absolute Gasteiger partial charge is 0.466 e. The molecule has 0 aromatic carbocycles. The lowest BCUT2D eigenvalue weighted by atomic mass is 10.1. The molecule has 0 aliphatic heterocycles. The minimum atomic E-state index is -2.02. The van der Waals surface area contributed by atoms with Gasteiger partial charge in [0.1, 0.15) is 0 Å². The number of esters is 1. The molecule has 7 heteroatoms. The molecule has 4 nitrogen and oxygen atoms in total. The second-order valence-corrected chi connectivity index (χ2v) is 23.3. The van der Waals surface area contributed by atoms with Gasteiger partial charge in [-0.2, -0.15) is 0 Å². The van der Waals surface area contributed by atoms with Crippen LogP contribution in [0.25, 0.3) is 0 Å². The summed E-state index contributed by atoms with van der Waals surface area (Å²) in [4.78, 5) is 24.5. The van der Waals surface area contributed by atoms with Gasteiger partial charge in [-0.3, -0.25) is 9.59 Å². The van der Waals surface area contributed by atoms with Gasteiger partial charge in [0.25, 0.3) is 0 Å². The van der Waals surface area contributed by atoms with E-state index < -0.39 is 16.4 Å². The van der Waals surface area contributed by atoms with Gasteiger partial charge in [-0.25, -0.2) is 0 Å². The molecule has 0 saturated carbocycles. The van der Waals surface area contributed by atoms with Crippen LogP contribution in [0.15, 0.2) is 12.2 Å². The van der Waals surface area contributed by atoms with E-state index in [1.54, 1.807) is 0 Å². The van der Waals surface area contributed by atoms with Crippen LogP contribution in [0.5, 0.6) is 0 Å². The zero-order chi connectivity index (χ0) is 25.5. The molecular formula is C26H52O4SSi2. The highest BCUT2D eigenvalue weighted by atomic mass is 32.2. The van der Waals surface area contributed by atoms with Crippen molar-refractivity contribution in [2.75, 3.05) is 12.4 Å². The van der Waals surface area contributed by atoms with E-state index in [1.165, 1.54) is 31.0 Å². The first-order valence-corrected chi connectivity index (χ1v) is 20.4. The summed E-state index contributed by atoms with van der Waals surface area (Å²) in [5.41, 5.74) is 0. The number of thioether (sulfide) groups is 1. The predicted octanol–water partition coefficient (Wildman–Crippen LogP) is 8.21. The van der Waals surface area contributed by atoms with E-state index in [0.29, 0.717) is 18.1 Å². The minimum Gasteiger partial charge on any atom is -0.466 e. The SMILES string of the molecule is CCCCCCCC(=O)SCC/C=C/[C@H](CC(=O)OCC[Si](C)(C)C)O[Si](C)(C)C(C)(C)C. The minimum absolute atomic E-state index is 0.0697. The number of hydrogen-bond acceptors (Lipinski definition) is 5. The van der Waals surface area contributed by atoms with Gasteiger partial charge in [0.15, 0.2) is 13.4 Å². The highest BCUT2D eigenvalue weighted by molar-refractivity contribution is 8.13. The summed E-state index contributed by atoms with van der Waals surface area (Å²) in [6.07, 6.45) is 11.4. The molecule has 0 N–H and O–H groups in total. The molecule has 0 fully saturated rings. The molecule has 0 unspecified atom stereocenters. The number of carbonyl (C=O) groups excluding carboxylic acids is 2. The van der Waals surface area contributed by atoms with Crippen LogP contribution in [0.2, 0.25) is 43.8 Å². The third kappa shape index (κ3) is 17.7. The molecule has 0 aromatic rings. The van der Waals surface area contributed by atoms with Crippen molar-refractivity contribution in [1.29, 1.82) is 0 Å². The Hall–Kier alpha value is -0.376. The van der Waals surface area contributed by atoms with Crippen molar-refractivity contribution in [1.82, 2.24) is 0 Å². The van der Waals surface area contributed by atoms with Crippen LogP contribution in [0.3, 0.4) is 0 Å². The molecule has 0 spiro atoms. The molecule has 0 radical (unpaired) electrons. The second-order valence-electron chi connectivity index (χ2n) is 11.8. The summed E-state index contributed by atoms with van der Waals surface area (Å²) < 4.78 is 12.0. The maximum Gasteiger partial charge on any atom is 0.308 e. The number of hydrogen-bond donors (Lipinski definition) is 0. The molecule has 0 amide bonds. The molecular weight excluding hydrogens is 465 g/mol. The molecule has 0 aliphatic rings. The summed E-state index contributed by atoms with van der Waals surface area (Å²) in [6, 6.07) is 0.978. The number of allylic oxidation sites excluding steroid dienone is 1. The quantitative estimate of drug-likeness (QED) is 0.0843. The Morgan fingerprint density at radius 1 is 1.00 bits per heavy atom. The Kier molecular flexibility index (Phi) is 16.1. The van der Waals surface area contributed by atoms with Crippen LogP contribution >= 0.6 is 11.8 Å². The molecule has 0 rings (SSSR count). The number of carbonyl (C=O) groups is 2. The van der Waals surface area contributed by atoms with Gasteiger partial charge in [0, 0.05) is 20.2 Å². The van der Waals surface area contributed by atoms with E-state index in [1.807, 2.05) is 6.08 Å². The highest BCUT2D eigenvalue weighted by Crippen LogP contribution is 2.37. The van der Waals surface area contributed by atoms with Gasteiger partial charge in [-0.05, 0) is 37.0 Å². The summed E-state index contributed by atoms with van der Waals surface area (Å²) in [7, 11) is -3.25. The first-order valence-electron chi connectivity index (χ1n) is 12.8. The second kappa shape index (κ2) is 16.3. The predicted molar refractivity (Wildman–Crippen MR) is 150 cm³/mol. The zero-order valence-corrected chi connectivity index (χ0v) is 25.9. The van der Waals surface area contributed by atoms with Crippen LogP contribution in [-0.2, 0) is 18.8 Å². The van der Waals surface area contributed by atoms with Crippen molar-refractivity contribution in [2.45, 2.75) is 129 Å². The van der Waals surface area contributed by atoms with E-state index in [9.17, 15) is 9.59 Å². The van der Waals surface area contributed by atoms with Gasteiger partial charge < -0.3 is 9.16 Å². The number of ether oxygens (including phenoxy) is 1. The van der Waals surface area contributed by atoms with Gasteiger partial charge in [0.2, 0.25) is 0 Å². The van der Waals surface area contributed by atoms with Crippen LogP contribution < -0.4 is 0 Å². The van der Waals surface area contributed by atoms with Gasteiger partial charge in [0.05, 0.1) is 19.1 Å². The Morgan fingerprint density at radius 3 is 2.21 bits per heavy atom. The monoisotopic (exact) mass is 516 g/mol. The van der Waals surface area contributed by atoms with Crippen molar-refractivity contribution in [3.8, 4) is 0 Å². The standard InChI is InChI=1S/C26H52O4SSi2/c1-10-11-12-13-14-18-25(28)31-20-16-15-17-23(30-33(8,9)26(2,3)4)22-24(27)29-19-21-32(5,6)7/h15,17,23H,10-14,16,18-22H2,1-9H3/b17-15+/t23-/m1/s1. The Labute approximate surface area is 211 Å². The van der Waals surface area contributed by atoms with Gasteiger partial charge in [-0.15, -0.1) is 0 Å². The Morgan fingerprint density at radius 2 is 1.64 bits per heavy atom. The van der Waals surface area contributed by atoms with Gasteiger partial charge in [-0.1, -0.05) is 96.9 Å². The first kappa shape index (κ1) is 32.6. The molecule has 0 heterocycles. The van der Waals surface area contributed by atoms with Gasteiger partial charge >= 0.3 is 5.97 Å². The Bertz CT molecular complexity index is 592. The molecule has 0 aromatic heterocycles.